The van der Waals surface area contributed by atoms with E-state index in [2.05, 4.69) is 0 Å². The van der Waals surface area contributed by atoms with Crippen molar-refractivity contribution in [3.05, 3.63) is 35.1 Å². The summed E-state index contributed by atoms with van der Waals surface area (Å²) in [5.41, 5.74) is 0.965. The summed E-state index contributed by atoms with van der Waals surface area (Å²) >= 11 is 0. The van der Waals surface area contributed by atoms with Crippen LogP contribution in [-0.2, 0) is 0 Å². The van der Waals surface area contributed by atoms with E-state index in [1.807, 2.05) is 0 Å². The fraction of sp³-hybridized carbons (Fsp3) is 0.400. The number of rotatable bonds is 0. The fourth-order valence-electron chi connectivity index (χ4n) is 1.49. The van der Waals surface area contributed by atoms with Crippen molar-refractivity contribution in [2.75, 3.05) is 0 Å². The normalized spacial score (nSPS) is 35.2. The molecule has 72 valence electrons. The van der Waals surface area contributed by atoms with Gasteiger partial charge in [0.15, 0.2) is 0 Å². The third-order valence-electron chi connectivity index (χ3n) is 2.10. The molecular weight excluding hydrogens is 168 g/mol. The zero-order chi connectivity index (χ0) is 10.0. The van der Waals surface area contributed by atoms with E-state index in [-0.39, 0.29) is 5.76 Å². The predicted octanol–water partition coefficient (Wildman–Crippen LogP) is 1.06. The van der Waals surface area contributed by atoms with Crippen molar-refractivity contribution in [1.82, 2.24) is 0 Å². The molecule has 0 aromatic rings. The second kappa shape index (κ2) is 3.77. The Labute approximate surface area is 77.3 Å². The molecule has 3 N–H and O–H groups in total. The lowest BCUT2D eigenvalue weighted by molar-refractivity contribution is 0.212. The van der Waals surface area contributed by atoms with Crippen LogP contribution in [0.3, 0.4) is 0 Å². The van der Waals surface area contributed by atoms with Crippen LogP contribution < -0.4 is 0 Å². The van der Waals surface area contributed by atoms with E-state index >= 15 is 0 Å². The molecule has 0 bridgehead atoms. The maximum absolute atomic E-state index is 9.50. The van der Waals surface area contributed by atoms with Crippen molar-refractivity contribution in [3.8, 4) is 0 Å². The number of hydrogen-bond donors (Lipinski definition) is 3. The Kier molecular flexibility index (Phi) is 2.90. The van der Waals surface area contributed by atoms with Crippen molar-refractivity contribution >= 4 is 0 Å². The monoisotopic (exact) mass is 182 g/mol. The average molecular weight is 182 g/mol. The lowest BCUT2D eigenvalue weighted by atomic mass is 9.89. The highest BCUT2D eigenvalue weighted by molar-refractivity contribution is 5.45. The van der Waals surface area contributed by atoms with Gasteiger partial charge < -0.3 is 15.3 Å². The van der Waals surface area contributed by atoms with Gasteiger partial charge in [0.2, 0.25) is 0 Å². The molecule has 2 atom stereocenters. The summed E-state index contributed by atoms with van der Waals surface area (Å²) in [6, 6.07) is 0. The van der Waals surface area contributed by atoms with Crippen LogP contribution in [0.2, 0.25) is 0 Å². The molecule has 0 aliphatic heterocycles. The fourth-order valence-corrected chi connectivity index (χ4v) is 1.49. The molecular formula is C10H14O3. The van der Waals surface area contributed by atoms with Crippen molar-refractivity contribution in [3.63, 3.8) is 0 Å². The first-order chi connectivity index (χ1) is 6.07. The first-order valence-corrected chi connectivity index (χ1v) is 4.18. The molecule has 3 heteroatoms. The highest BCUT2D eigenvalue weighted by atomic mass is 16.3. The molecule has 0 spiro atoms. The van der Waals surface area contributed by atoms with Crippen LogP contribution in [0.25, 0.3) is 0 Å². The number of aliphatic hydroxyl groups is 3. The molecule has 0 heterocycles. The maximum Gasteiger partial charge on any atom is 0.101 e. The second-order valence-electron chi connectivity index (χ2n) is 3.02. The molecule has 1 aliphatic carbocycles. The molecule has 0 radical (unpaired) electrons. The van der Waals surface area contributed by atoms with E-state index in [0.29, 0.717) is 11.1 Å². The Hall–Kier alpha value is -1.06. The molecule has 0 saturated heterocycles. The van der Waals surface area contributed by atoms with Crippen molar-refractivity contribution in [2.45, 2.75) is 26.1 Å². The molecule has 1 aliphatic rings. The molecule has 13 heavy (non-hydrogen) atoms. The topological polar surface area (TPSA) is 60.7 Å². The highest BCUT2D eigenvalue weighted by Crippen LogP contribution is 2.26. The Morgan fingerprint density at radius 3 is 2.23 bits per heavy atom. The molecule has 0 fully saturated rings. The molecule has 3 nitrogen and oxygen atoms in total. The van der Waals surface area contributed by atoms with Gasteiger partial charge in [-0.15, -0.1) is 0 Å². The van der Waals surface area contributed by atoms with Gasteiger partial charge in [0.1, 0.15) is 6.10 Å². The van der Waals surface area contributed by atoms with Gasteiger partial charge in [-0.05, 0) is 19.4 Å². The minimum atomic E-state index is -0.820. The Morgan fingerprint density at radius 2 is 1.85 bits per heavy atom. The van der Waals surface area contributed by atoms with E-state index in [1.165, 1.54) is 19.1 Å². The van der Waals surface area contributed by atoms with E-state index in [9.17, 15) is 15.3 Å². The Bertz CT molecular complexity index is 283. The third-order valence-corrected chi connectivity index (χ3v) is 2.10. The van der Waals surface area contributed by atoms with Gasteiger partial charge in [-0.1, -0.05) is 18.2 Å². The van der Waals surface area contributed by atoms with Gasteiger partial charge in [-0.2, -0.15) is 0 Å². The third kappa shape index (κ3) is 1.82. The predicted molar refractivity (Wildman–Crippen MR) is 50.2 cm³/mol. The zero-order valence-electron chi connectivity index (χ0n) is 7.73. The Balaban J connectivity index is 3.19. The smallest absolute Gasteiger partial charge is 0.101 e. The van der Waals surface area contributed by atoms with Gasteiger partial charge in [-0.25, -0.2) is 0 Å². The minimum absolute atomic E-state index is 0.0454. The second-order valence-corrected chi connectivity index (χ2v) is 3.02. The van der Waals surface area contributed by atoms with E-state index < -0.39 is 12.2 Å². The van der Waals surface area contributed by atoms with Crippen LogP contribution in [0.15, 0.2) is 35.1 Å². The lowest BCUT2D eigenvalue weighted by Gasteiger charge is -2.23. The number of hydrogen-bond acceptors (Lipinski definition) is 3. The molecule has 1 rings (SSSR count). The van der Waals surface area contributed by atoms with Crippen LogP contribution in [0.5, 0.6) is 0 Å². The molecule has 0 saturated carbocycles. The maximum atomic E-state index is 9.50. The van der Waals surface area contributed by atoms with Crippen LogP contribution in [-0.4, -0.2) is 27.5 Å². The quantitative estimate of drug-likeness (QED) is 0.387. The summed E-state index contributed by atoms with van der Waals surface area (Å²) in [5, 5.41) is 28.3. The van der Waals surface area contributed by atoms with Gasteiger partial charge in [0.25, 0.3) is 0 Å². The lowest BCUT2D eigenvalue weighted by Crippen LogP contribution is -2.23. The van der Waals surface area contributed by atoms with E-state index in [1.54, 1.807) is 13.0 Å². The summed E-state index contributed by atoms with van der Waals surface area (Å²) in [6.07, 6.45) is 3.11. The van der Waals surface area contributed by atoms with Crippen LogP contribution in [0.4, 0.5) is 0 Å². The molecule has 0 aromatic heterocycles. The molecule has 0 amide bonds. The minimum Gasteiger partial charge on any atom is -0.512 e. The zero-order valence-corrected chi connectivity index (χ0v) is 7.73. The summed E-state index contributed by atoms with van der Waals surface area (Å²) in [4.78, 5) is 0. The SMILES string of the molecule is CC=C1/C(=C(\C)O)C(O)C=CC1O. The first kappa shape index (κ1) is 10.0. The number of allylic oxidation sites excluding steroid dienone is 2. The summed E-state index contributed by atoms with van der Waals surface area (Å²) in [6.45, 7) is 3.25. The van der Waals surface area contributed by atoms with Gasteiger partial charge in [-0.3, -0.25) is 0 Å². The largest absolute Gasteiger partial charge is 0.512 e. The highest BCUT2D eigenvalue weighted by Gasteiger charge is 2.24. The number of aliphatic hydroxyl groups excluding tert-OH is 3. The van der Waals surface area contributed by atoms with Crippen LogP contribution in [0, 0.1) is 0 Å². The summed E-state index contributed by atoms with van der Waals surface area (Å²) in [5.74, 6) is 0.0454. The van der Waals surface area contributed by atoms with Crippen LogP contribution >= 0.6 is 0 Å². The van der Waals surface area contributed by atoms with Gasteiger partial charge in [0.05, 0.1) is 11.9 Å². The van der Waals surface area contributed by atoms with E-state index in [0.717, 1.165) is 0 Å². The molecule has 2 unspecified atom stereocenters. The average Bonchev–Trinajstić information content (AvgIpc) is 2.07. The first-order valence-electron chi connectivity index (χ1n) is 4.18. The van der Waals surface area contributed by atoms with Crippen LogP contribution in [0.1, 0.15) is 13.8 Å². The van der Waals surface area contributed by atoms with Crippen molar-refractivity contribution < 1.29 is 15.3 Å². The molecule has 0 aromatic carbocycles. The van der Waals surface area contributed by atoms with E-state index in [4.69, 9.17) is 0 Å². The van der Waals surface area contributed by atoms with Crippen molar-refractivity contribution in [2.24, 2.45) is 0 Å². The summed E-state index contributed by atoms with van der Waals surface area (Å²) < 4.78 is 0. The Morgan fingerprint density at radius 1 is 1.31 bits per heavy atom. The summed E-state index contributed by atoms with van der Waals surface area (Å²) in [7, 11) is 0. The van der Waals surface area contributed by atoms with Crippen molar-refractivity contribution in [1.29, 1.82) is 0 Å². The standard InChI is InChI=1S/C10H14O3/c1-3-7-8(12)4-5-9(13)10(7)6(2)11/h3-5,8-9,11-13H,1-2H3/b7-3?,10-6-. The van der Waals surface area contributed by atoms with Gasteiger partial charge in [0, 0.05) is 5.57 Å². The van der Waals surface area contributed by atoms with Gasteiger partial charge >= 0.3 is 0 Å².